The number of thioether (sulfide) groups is 1. The van der Waals surface area contributed by atoms with Gasteiger partial charge < -0.3 is 4.74 Å². The largest absolute Gasteiger partial charge is 0.452 e. The number of nitrogens with zero attached hydrogens (tertiary/aromatic N) is 2. The van der Waals surface area contributed by atoms with Gasteiger partial charge in [-0.1, -0.05) is 0 Å². The van der Waals surface area contributed by atoms with E-state index >= 15 is 0 Å². The molecule has 92 valence electrons. The topological polar surface area (TPSA) is 84.0 Å². The minimum Gasteiger partial charge on any atom is -0.452 e. The van der Waals surface area contributed by atoms with E-state index in [-0.39, 0.29) is 18.8 Å². The predicted octanol–water partition coefficient (Wildman–Crippen LogP) is -0.495. The average molecular weight is 268 g/mol. The molecule has 0 aromatic rings. The van der Waals surface area contributed by atoms with Gasteiger partial charge >= 0.3 is 16.3 Å². The smallest absolute Gasteiger partial charge is 0.424 e. The summed E-state index contributed by atoms with van der Waals surface area (Å²) < 4.78 is 29.0. The van der Waals surface area contributed by atoms with Crippen molar-refractivity contribution in [2.45, 2.75) is 0 Å². The number of ether oxygens (including phenoxy) is 1. The van der Waals surface area contributed by atoms with E-state index in [1.807, 2.05) is 0 Å². The van der Waals surface area contributed by atoms with Crippen molar-refractivity contribution in [2.75, 3.05) is 32.2 Å². The molecule has 1 rings (SSSR count). The molecule has 16 heavy (non-hydrogen) atoms. The normalized spacial score (nSPS) is 18.6. The van der Waals surface area contributed by atoms with E-state index in [0.29, 0.717) is 8.61 Å². The summed E-state index contributed by atoms with van der Waals surface area (Å²) in [6.45, 7) is -0.0774. The number of rotatable bonds is 2. The van der Waals surface area contributed by atoms with Gasteiger partial charge in [-0.3, -0.25) is 4.79 Å². The number of methoxy groups -OCH3 is 1. The van der Waals surface area contributed by atoms with E-state index in [0.717, 1.165) is 7.11 Å². The van der Waals surface area contributed by atoms with Crippen molar-refractivity contribution in [2.24, 2.45) is 0 Å². The molecule has 0 aliphatic carbocycles. The van der Waals surface area contributed by atoms with E-state index in [2.05, 4.69) is 4.74 Å². The first-order valence-corrected chi connectivity index (χ1v) is 7.14. The van der Waals surface area contributed by atoms with Crippen LogP contribution in [-0.4, -0.2) is 61.2 Å². The molecule has 1 aliphatic rings. The van der Waals surface area contributed by atoms with Crippen LogP contribution in [-0.2, 0) is 19.7 Å². The Labute approximate surface area is 97.9 Å². The minimum absolute atomic E-state index is 0.0170. The van der Waals surface area contributed by atoms with Crippen LogP contribution in [0.4, 0.5) is 4.79 Å². The Morgan fingerprint density at radius 2 is 1.88 bits per heavy atom. The molecule has 0 aromatic heterocycles. The molecule has 0 radical (unpaired) electrons. The van der Waals surface area contributed by atoms with Gasteiger partial charge in [0.15, 0.2) is 0 Å². The Hall–Kier alpha value is -0.960. The molecular weight excluding hydrogens is 256 g/mol. The second-order valence-corrected chi connectivity index (χ2v) is 5.59. The zero-order valence-corrected chi connectivity index (χ0v) is 10.5. The molecule has 1 heterocycles. The summed E-state index contributed by atoms with van der Waals surface area (Å²) >= 11 is 1.22. The third kappa shape index (κ3) is 2.24. The summed E-state index contributed by atoms with van der Waals surface area (Å²) in [5.74, 6) is -0.465. The summed E-state index contributed by atoms with van der Waals surface area (Å²) in [4.78, 5) is 22.6. The average Bonchev–Trinajstić information content (AvgIpc) is 2.53. The maximum atomic E-state index is 11.7. The summed E-state index contributed by atoms with van der Waals surface area (Å²) in [7, 11) is -2.94. The maximum Gasteiger partial charge on any atom is 0.424 e. The van der Waals surface area contributed by atoms with Gasteiger partial charge in [0.05, 0.1) is 26.0 Å². The van der Waals surface area contributed by atoms with E-state index in [1.165, 1.54) is 11.8 Å². The molecule has 1 fully saturated rings. The fourth-order valence-electron chi connectivity index (χ4n) is 1.27. The van der Waals surface area contributed by atoms with Gasteiger partial charge in [0.25, 0.3) is 0 Å². The second kappa shape index (κ2) is 4.91. The van der Waals surface area contributed by atoms with Gasteiger partial charge in [0.2, 0.25) is 5.91 Å². The number of carbonyl (C=O) groups is 2. The molecule has 0 aromatic carbocycles. The SMILES string of the molecule is COC(=O)N1CCN(C(=O)CSC)S1(=O)=O. The zero-order valence-electron chi connectivity index (χ0n) is 8.87. The van der Waals surface area contributed by atoms with Crippen LogP contribution >= 0.6 is 11.8 Å². The van der Waals surface area contributed by atoms with Crippen molar-refractivity contribution >= 4 is 34.0 Å². The Bertz CT molecular complexity index is 394. The van der Waals surface area contributed by atoms with Crippen molar-refractivity contribution < 1.29 is 22.7 Å². The molecule has 1 saturated heterocycles. The van der Waals surface area contributed by atoms with E-state index in [4.69, 9.17) is 0 Å². The molecule has 0 spiro atoms. The number of carbonyl (C=O) groups excluding carboxylic acids is 2. The van der Waals surface area contributed by atoms with Gasteiger partial charge in [0, 0.05) is 0 Å². The summed E-state index contributed by atoms with van der Waals surface area (Å²) in [6.07, 6.45) is 0.720. The Morgan fingerprint density at radius 1 is 1.31 bits per heavy atom. The van der Waals surface area contributed by atoms with Gasteiger partial charge in [-0.25, -0.2) is 9.10 Å². The summed E-state index contributed by atoms with van der Waals surface area (Å²) in [5, 5.41) is 0. The lowest BCUT2D eigenvalue weighted by Gasteiger charge is -2.17. The van der Waals surface area contributed by atoms with Crippen LogP contribution in [0.3, 0.4) is 0 Å². The number of hydrogen-bond donors (Lipinski definition) is 0. The van der Waals surface area contributed by atoms with Crippen LogP contribution in [0.15, 0.2) is 0 Å². The molecule has 1 aliphatic heterocycles. The molecule has 9 heteroatoms. The first kappa shape index (κ1) is 13.1. The van der Waals surface area contributed by atoms with Gasteiger partial charge in [0.1, 0.15) is 0 Å². The minimum atomic E-state index is -4.03. The second-order valence-electron chi connectivity index (χ2n) is 2.95. The molecule has 0 bridgehead atoms. The van der Waals surface area contributed by atoms with Gasteiger partial charge in [-0.05, 0) is 6.26 Å². The predicted molar refractivity (Wildman–Crippen MR) is 58.1 cm³/mol. The molecule has 0 N–H and O–H groups in total. The quantitative estimate of drug-likeness (QED) is 0.671. The van der Waals surface area contributed by atoms with E-state index in [9.17, 15) is 18.0 Å². The fraction of sp³-hybridized carbons (Fsp3) is 0.714. The standard InChI is InChI=1S/C7H12N2O5S2/c1-14-7(11)9-4-3-8(16(9,12)13)6(10)5-15-2/h3-5H2,1-2H3. The van der Waals surface area contributed by atoms with Crippen molar-refractivity contribution in [3.05, 3.63) is 0 Å². The highest BCUT2D eigenvalue weighted by molar-refractivity contribution is 7.99. The van der Waals surface area contributed by atoms with Crippen LogP contribution < -0.4 is 0 Å². The number of amides is 2. The lowest BCUT2D eigenvalue weighted by molar-refractivity contribution is -0.123. The molecule has 0 atom stereocenters. The summed E-state index contributed by atoms with van der Waals surface area (Å²) in [5.41, 5.74) is 0. The van der Waals surface area contributed by atoms with Crippen molar-refractivity contribution in [1.82, 2.24) is 8.61 Å². The highest BCUT2D eigenvalue weighted by atomic mass is 32.2. The third-order valence-electron chi connectivity index (χ3n) is 1.99. The Morgan fingerprint density at radius 3 is 2.38 bits per heavy atom. The van der Waals surface area contributed by atoms with Crippen LogP contribution in [0.2, 0.25) is 0 Å². The molecule has 7 nitrogen and oxygen atoms in total. The molecule has 0 saturated carbocycles. The zero-order chi connectivity index (χ0) is 12.3. The Kier molecular flexibility index (Phi) is 4.03. The van der Waals surface area contributed by atoms with Crippen LogP contribution in [0.25, 0.3) is 0 Å². The lowest BCUT2D eigenvalue weighted by atomic mass is 10.6. The van der Waals surface area contributed by atoms with Crippen LogP contribution in [0.1, 0.15) is 0 Å². The fourth-order valence-corrected chi connectivity index (χ4v) is 3.20. The van der Waals surface area contributed by atoms with E-state index < -0.39 is 22.2 Å². The highest BCUT2D eigenvalue weighted by Crippen LogP contribution is 2.18. The number of hydrogen-bond acceptors (Lipinski definition) is 6. The highest BCUT2D eigenvalue weighted by Gasteiger charge is 2.42. The van der Waals surface area contributed by atoms with Crippen LogP contribution in [0.5, 0.6) is 0 Å². The molecule has 0 unspecified atom stereocenters. The molecular formula is C7H12N2O5S2. The van der Waals surface area contributed by atoms with Crippen molar-refractivity contribution in [3.8, 4) is 0 Å². The van der Waals surface area contributed by atoms with Crippen LogP contribution in [0, 0.1) is 0 Å². The monoisotopic (exact) mass is 268 g/mol. The van der Waals surface area contributed by atoms with Crippen molar-refractivity contribution in [1.29, 1.82) is 0 Å². The van der Waals surface area contributed by atoms with Crippen molar-refractivity contribution in [3.63, 3.8) is 0 Å². The van der Waals surface area contributed by atoms with E-state index in [1.54, 1.807) is 6.26 Å². The first-order valence-electron chi connectivity index (χ1n) is 4.35. The summed E-state index contributed by atoms with van der Waals surface area (Å²) in [6, 6.07) is 0. The molecule has 2 amide bonds. The lowest BCUT2D eigenvalue weighted by Crippen LogP contribution is -2.40. The third-order valence-corrected chi connectivity index (χ3v) is 4.35. The van der Waals surface area contributed by atoms with Gasteiger partial charge in [-0.15, -0.1) is 0 Å². The first-order chi connectivity index (χ1) is 7.45. The maximum absolute atomic E-state index is 11.7. The Balaban J connectivity index is 2.88. The van der Waals surface area contributed by atoms with Gasteiger partial charge in [-0.2, -0.15) is 24.5 Å².